The predicted molar refractivity (Wildman–Crippen MR) is 75.2 cm³/mol. The van der Waals surface area contributed by atoms with E-state index in [-0.39, 0.29) is 11.7 Å². The molecule has 2 atom stereocenters. The lowest BCUT2D eigenvalue weighted by Gasteiger charge is -2.31. The molecule has 1 N–H and O–H groups in total. The van der Waals surface area contributed by atoms with Crippen molar-refractivity contribution >= 4 is 0 Å². The van der Waals surface area contributed by atoms with Gasteiger partial charge < -0.3 is 14.6 Å². The molecule has 1 aliphatic rings. The number of methoxy groups -OCH3 is 1. The normalized spacial score (nSPS) is 20.9. The lowest BCUT2D eigenvalue weighted by Crippen LogP contribution is -2.30. The highest BCUT2D eigenvalue weighted by Crippen LogP contribution is 2.32. The molecule has 0 radical (unpaired) electrons. The maximum Gasteiger partial charge on any atom is 0.109 e. The molecule has 0 bridgehead atoms. The SMILES string of the molecule is COC(C)(C)CCC(O)C1OCCc2ccccc21. The van der Waals surface area contributed by atoms with Gasteiger partial charge in [-0.3, -0.25) is 0 Å². The zero-order valence-electron chi connectivity index (χ0n) is 12.1. The molecule has 1 aliphatic heterocycles. The fraction of sp³-hybridized carbons (Fsp3) is 0.625. The van der Waals surface area contributed by atoms with Crippen molar-refractivity contribution in [3.8, 4) is 0 Å². The van der Waals surface area contributed by atoms with Gasteiger partial charge in [0, 0.05) is 7.11 Å². The zero-order valence-corrected chi connectivity index (χ0v) is 12.1. The lowest BCUT2D eigenvalue weighted by molar-refractivity contribution is -0.0626. The number of hydrogen-bond acceptors (Lipinski definition) is 3. The van der Waals surface area contributed by atoms with Crippen molar-refractivity contribution in [2.75, 3.05) is 13.7 Å². The monoisotopic (exact) mass is 264 g/mol. The van der Waals surface area contributed by atoms with Gasteiger partial charge in [0.05, 0.1) is 18.3 Å². The first kappa shape index (κ1) is 14.5. The van der Waals surface area contributed by atoms with Crippen LogP contribution in [0.3, 0.4) is 0 Å². The molecule has 106 valence electrons. The smallest absolute Gasteiger partial charge is 0.109 e. The molecule has 0 saturated carbocycles. The zero-order chi connectivity index (χ0) is 13.9. The molecule has 1 aromatic carbocycles. The highest BCUT2D eigenvalue weighted by molar-refractivity contribution is 5.31. The molecule has 3 heteroatoms. The molecule has 2 unspecified atom stereocenters. The lowest BCUT2D eigenvalue weighted by atomic mass is 9.90. The first-order valence-electron chi connectivity index (χ1n) is 6.96. The standard InChI is InChI=1S/C16H24O3/c1-16(2,18-3)10-8-14(17)15-13-7-5-4-6-12(13)9-11-19-15/h4-7,14-15,17H,8-11H2,1-3H3. The molecule has 2 rings (SSSR count). The van der Waals surface area contributed by atoms with E-state index in [0.29, 0.717) is 13.0 Å². The summed E-state index contributed by atoms with van der Waals surface area (Å²) in [5.41, 5.74) is 2.23. The minimum Gasteiger partial charge on any atom is -0.390 e. The third kappa shape index (κ3) is 3.56. The molecular formula is C16H24O3. The second-order valence-electron chi connectivity index (χ2n) is 5.81. The first-order chi connectivity index (χ1) is 9.03. The van der Waals surface area contributed by atoms with Crippen LogP contribution in [-0.4, -0.2) is 30.5 Å². The van der Waals surface area contributed by atoms with Gasteiger partial charge in [-0.2, -0.15) is 0 Å². The molecule has 0 fully saturated rings. The predicted octanol–water partition coefficient (Wildman–Crippen LogP) is 2.87. The van der Waals surface area contributed by atoms with Crippen molar-refractivity contribution in [1.29, 1.82) is 0 Å². The Kier molecular flexibility index (Phi) is 4.61. The molecule has 19 heavy (non-hydrogen) atoms. The van der Waals surface area contributed by atoms with Gasteiger partial charge in [-0.15, -0.1) is 0 Å². The van der Waals surface area contributed by atoms with E-state index in [0.717, 1.165) is 18.4 Å². The van der Waals surface area contributed by atoms with Crippen LogP contribution >= 0.6 is 0 Å². The Bertz CT molecular complexity index is 414. The van der Waals surface area contributed by atoms with Gasteiger partial charge in [0.25, 0.3) is 0 Å². The Hall–Kier alpha value is -0.900. The van der Waals surface area contributed by atoms with Crippen molar-refractivity contribution in [3.05, 3.63) is 35.4 Å². The van der Waals surface area contributed by atoms with Crippen LogP contribution in [0.4, 0.5) is 0 Å². The van der Waals surface area contributed by atoms with E-state index in [9.17, 15) is 5.11 Å². The first-order valence-corrected chi connectivity index (χ1v) is 6.96. The molecular weight excluding hydrogens is 240 g/mol. The largest absolute Gasteiger partial charge is 0.390 e. The summed E-state index contributed by atoms with van der Waals surface area (Å²) in [6.45, 7) is 4.76. The van der Waals surface area contributed by atoms with Gasteiger partial charge in [0.15, 0.2) is 0 Å². The number of ether oxygens (including phenoxy) is 2. The second kappa shape index (κ2) is 6.04. The minimum atomic E-state index is -0.476. The van der Waals surface area contributed by atoms with Crippen molar-refractivity contribution in [1.82, 2.24) is 0 Å². The average Bonchev–Trinajstić information content (AvgIpc) is 2.44. The van der Waals surface area contributed by atoms with E-state index in [1.54, 1.807) is 7.11 Å². The van der Waals surface area contributed by atoms with Gasteiger partial charge in [0.2, 0.25) is 0 Å². The van der Waals surface area contributed by atoms with Crippen molar-refractivity contribution in [2.24, 2.45) is 0 Å². The Labute approximate surface area is 115 Å². The van der Waals surface area contributed by atoms with Crippen LogP contribution in [0, 0.1) is 0 Å². The number of rotatable bonds is 5. The van der Waals surface area contributed by atoms with Gasteiger partial charge in [-0.05, 0) is 44.2 Å². The van der Waals surface area contributed by atoms with Crippen LogP contribution in [0.1, 0.15) is 43.9 Å². The summed E-state index contributed by atoms with van der Waals surface area (Å²) in [5, 5.41) is 10.4. The Morgan fingerprint density at radius 3 is 2.89 bits per heavy atom. The number of aliphatic hydroxyl groups excluding tert-OH is 1. The summed E-state index contributed by atoms with van der Waals surface area (Å²) in [6.07, 6.45) is 1.75. The van der Waals surface area contributed by atoms with Gasteiger partial charge >= 0.3 is 0 Å². The van der Waals surface area contributed by atoms with Crippen LogP contribution in [0.2, 0.25) is 0 Å². The number of aliphatic hydroxyl groups is 1. The summed E-state index contributed by atoms with van der Waals surface area (Å²) >= 11 is 0. The minimum absolute atomic E-state index is 0.197. The molecule has 0 saturated heterocycles. The highest BCUT2D eigenvalue weighted by atomic mass is 16.5. The fourth-order valence-electron chi connectivity index (χ4n) is 2.49. The van der Waals surface area contributed by atoms with Crippen LogP contribution in [0.15, 0.2) is 24.3 Å². The van der Waals surface area contributed by atoms with Gasteiger partial charge in [-0.1, -0.05) is 24.3 Å². The fourth-order valence-corrected chi connectivity index (χ4v) is 2.49. The van der Waals surface area contributed by atoms with Crippen LogP contribution in [0.25, 0.3) is 0 Å². The molecule has 1 heterocycles. The number of hydrogen-bond donors (Lipinski definition) is 1. The van der Waals surface area contributed by atoms with E-state index >= 15 is 0 Å². The molecule has 0 spiro atoms. The maximum atomic E-state index is 10.4. The number of fused-ring (bicyclic) bond motifs is 1. The molecule has 0 aromatic heterocycles. The average molecular weight is 264 g/mol. The Morgan fingerprint density at radius 2 is 2.16 bits per heavy atom. The van der Waals surface area contributed by atoms with Gasteiger partial charge in [0.1, 0.15) is 6.10 Å². The third-order valence-electron chi connectivity index (χ3n) is 3.97. The van der Waals surface area contributed by atoms with E-state index in [4.69, 9.17) is 9.47 Å². The quantitative estimate of drug-likeness (QED) is 0.888. The van der Waals surface area contributed by atoms with E-state index < -0.39 is 6.10 Å². The summed E-state index contributed by atoms with van der Waals surface area (Å²) < 4.78 is 11.2. The summed E-state index contributed by atoms with van der Waals surface area (Å²) in [5.74, 6) is 0. The van der Waals surface area contributed by atoms with E-state index in [1.165, 1.54) is 5.56 Å². The van der Waals surface area contributed by atoms with E-state index in [1.807, 2.05) is 26.0 Å². The highest BCUT2D eigenvalue weighted by Gasteiger charge is 2.29. The van der Waals surface area contributed by atoms with E-state index in [2.05, 4.69) is 12.1 Å². The van der Waals surface area contributed by atoms with Crippen LogP contribution < -0.4 is 0 Å². The van der Waals surface area contributed by atoms with Crippen LogP contribution in [0.5, 0.6) is 0 Å². The van der Waals surface area contributed by atoms with Gasteiger partial charge in [-0.25, -0.2) is 0 Å². The topological polar surface area (TPSA) is 38.7 Å². The third-order valence-corrected chi connectivity index (χ3v) is 3.97. The summed E-state index contributed by atoms with van der Waals surface area (Å²) in [6, 6.07) is 8.23. The Balaban J connectivity index is 2.03. The molecule has 1 aromatic rings. The van der Waals surface area contributed by atoms with Crippen LogP contribution in [-0.2, 0) is 15.9 Å². The Morgan fingerprint density at radius 1 is 1.42 bits per heavy atom. The summed E-state index contributed by atoms with van der Waals surface area (Å²) in [4.78, 5) is 0. The molecule has 0 amide bonds. The molecule has 3 nitrogen and oxygen atoms in total. The van der Waals surface area contributed by atoms with Crippen molar-refractivity contribution in [3.63, 3.8) is 0 Å². The molecule has 0 aliphatic carbocycles. The summed E-state index contributed by atoms with van der Waals surface area (Å²) in [7, 11) is 1.71. The second-order valence-corrected chi connectivity index (χ2v) is 5.81. The van der Waals surface area contributed by atoms with Crippen molar-refractivity contribution < 1.29 is 14.6 Å². The maximum absolute atomic E-state index is 10.4. The van der Waals surface area contributed by atoms with Crippen molar-refractivity contribution in [2.45, 2.75) is 50.9 Å². The number of benzene rings is 1.